The lowest BCUT2D eigenvalue weighted by Gasteiger charge is -2.06. The van der Waals surface area contributed by atoms with Crippen LogP contribution in [0.4, 0.5) is 4.39 Å². The van der Waals surface area contributed by atoms with E-state index in [0.717, 1.165) is 11.1 Å². The number of phenolic OH excluding ortho intramolecular Hbond substituents is 2. The first kappa shape index (κ1) is 33.7. The van der Waals surface area contributed by atoms with Gasteiger partial charge in [-0.2, -0.15) is 5.10 Å². The molecule has 1 amide bonds. The lowest BCUT2D eigenvalue weighted by atomic mass is 10.1. The first-order valence-corrected chi connectivity index (χ1v) is 14.4. The number of hydrogen-bond acceptors (Lipinski definition) is 10. The molecule has 0 bridgehead atoms. The van der Waals surface area contributed by atoms with Crippen LogP contribution in [0.15, 0.2) is 48.7 Å². The van der Waals surface area contributed by atoms with Crippen molar-refractivity contribution >= 4 is 30.2 Å². The fourth-order valence-electron chi connectivity index (χ4n) is 4.20. The molecule has 4 aromatic rings. The maximum absolute atomic E-state index is 12.9. The highest BCUT2D eigenvalue weighted by Gasteiger charge is 2.11. The zero-order chi connectivity index (χ0) is 32.7. The normalized spacial score (nSPS) is 11.5. The van der Waals surface area contributed by atoms with Crippen LogP contribution < -0.4 is 14.8 Å². The van der Waals surface area contributed by atoms with Gasteiger partial charge in [0.05, 0.1) is 71.3 Å². The maximum atomic E-state index is 12.9. The second-order valence-corrected chi connectivity index (χ2v) is 9.84. The van der Waals surface area contributed by atoms with Crippen LogP contribution in [0.3, 0.4) is 0 Å². The van der Waals surface area contributed by atoms with Gasteiger partial charge in [0.25, 0.3) is 0 Å². The predicted octanol–water partition coefficient (Wildman–Crippen LogP) is 3.56. The van der Waals surface area contributed by atoms with E-state index >= 15 is 0 Å². The Hall–Kier alpha value is -5.21. The molecule has 0 spiro atoms. The molecule has 0 unspecified atom stereocenters. The molecule has 0 fully saturated rings. The molecule has 4 rings (SSSR count). The first-order valence-electron chi connectivity index (χ1n) is 14.4. The number of halogens is 1. The number of ether oxygens (including phenoxy) is 4. The minimum absolute atomic E-state index is 0.0321. The summed E-state index contributed by atoms with van der Waals surface area (Å²) in [6.45, 7) is 1.18. The fourth-order valence-corrected chi connectivity index (χ4v) is 4.20. The minimum Gasteiger partial charge on any atom is -0.504 e. The zero-order valence-corrected chi connectivity index (χ0v) is 25.6. The SMILES string of the molecule is COc1cc(/C=C/c2cc(/C=C/c3ccc(O)c(OC)c3)n(CC(=O)NCc3cn(CCOCCOCC[18F])nn3)n2)ccc1O. The van der Waals surface area contributed by atoms with Crippen LogP contribution >= 0.6 is 0 Å². The van der Waals surface area contributed by atoms with Crippen molar-refractivity contribution in [3.05, 3.63) is 76.9 Å². The minimum atomic E-state index is -0.522. The van der Waals surface area contributed by atoms with Crippen LogP contribution in [0.2, 0.25) is 0 Å². The van der Waals surface area contributed by atoms with E-state index in [0.29, 0.717) is 54.9 Å². The highest BCUT2D eigenvalue weighted by atomic mass is 18.2. The van der Waals surface area contributed by atoms with E-state index in [2.05, 4.69) is 20.7 Å². The summed E-state index contributed by atoms with van der Waals surface area (Å²) in [6.07, 6.45) is 8.97. The second kappa shape index (κ2) is 17.3. The number of hydrogen-bond donors (Lipinski definition) is 3. The van der Waals surface area contributed by atoms with Crippen LogP contribution in [0.5, 0.6) is 23.0 Å². The third kappa shape index (κ3) is 10.2. The predicted molar refractivity (Wildman–Crippen MR) is 169 cm³/mol. The van der Waals surface area contributed by atoms with Gasteiger partial charge in [0.15, 0.2) is 23.0 Å². The number of nitrogens with zero attached hydrogens (tertiary/aromatic N) is 5. The van der Waals surface area contributed by atoms with E-state index in [4.69, 9.17) is 18.9 Å². The molecule has 14 heteroatoms. The Labute approximate surface area is 265 Å². The van der Waals surface area contributed by atoms with Crippen molar-refractivity contribution in [2.24, 2.45) is 0 Å². The highest BCUT2D eigenvalue weighted by molar-refractivity contribution is 5.77. The molecule has 0 saturated heterocycles. The molecule has 13 nitrogen and oxygen atoms in total. The molecule has 2 heterocycles. The number of methoxy groups -OCH3 is 2. The molecule has 0 aliphatic heterocycles. The molecule has 2 aromatic carbocycles. The Bertz CT molecular complexity index is 1630. The zero-order valence-electron chi connectivity index (χ0n) is 25.6. The Morgan fingerprint density at radius 1 is 0.891 bits per heavy atom. The van der Waals surface area contributed by atoms with E-state index in [1.54, 1.807) is 58.0 Å². The second-order valence-electron chi connectivity index (χ2n) is 9.84. The molecule has 0 aliphatic rings. The van der Waals surface area contributed by atoms with Gasteiger partial charge in [-0.15, -0.1) is 5.10 Å². The average molecular weight is 636 g/mol. The molecule has 0 saturated carbocycles. The van der Waals surface area contributed by atoms with Crippen molar-refractivity contribution in [2.75, 3.05) is 47.3 Å². The fraction of sp³-hybridized carbons (Fsp3) is 0.312. The Morgan fingerprint density at radius 2 is 1.54 bits per heavy atom. The lowest BCUT2D eigenvalue weighted by Crippen LogP contribution is -2.28. The Kier molecular flexibility index (Phi) is 12.7. The summed E-state index contributed by atoms with van der Waals surface area (Å²) in [5.74, 6) is 0.478. The summed E-state index contributed by atoms with van der Waals surface area (Å²) in [4.78, 5) is 12.9. The quantitative estimate of drug-likeness (QED) is 0.138. The van der Waals surface area contributed by atoms with Crippen LogP contribution in [-0.4, -0.2) is 88.2 Å². The largest absolute Gasteiger partial charge is 0.504 e. The molecule has 3 N–H and O–H groups in total. The van der Waals surface area contributed by atoms with Gasteiger partial charge in [-0.25, -0.2) is 9.07 Å². The van der Waals surface area contributed by atoms with Crippen LogP contribution in [0, 0.1) is 0 Å². The molecular formula is C32H37FN6O7. The molecule has 46 heavy (non-hydrogen) atoms. The Morgan fingerprint density at radius 3 is 2.20 bits per heavy atom. The molecule has 0 radical (unpaired) electrons. The number of aromatic hydroxyl groups is 2. The number of rotatable bonds is 18. The smallest absolute Gasteiger partial charge is 0.242 e. The third-order valence-corrected chi connectivity index (χ3v) is 6.54. The molecule has 0 atom stereocenters. The van der Waals surface area contributed by atoms with Crippen molar-refractivity contribution in [3.63, 3.8) is 0 Å². The van der Waals surface area contributed by atoms with E-state index in [1.165, 1.54) is 14.2 Å². The van der Waals surface area contributed by atoms with E-state index in [1.807, 2.05) is 24.3 Å². The first-order chi connectivity index (χ1) is 22.4. The van der Waals surface area contributed by atoms with E-state index in [9.17, 15) is 19.4 Å². The van der Waals surface area contributed by atoms with Crippen molar-refractivity contribution in [2.45, 2.75) is 19.6 Å². The molecule has 244 valence electrons. The van der Waals surface area contributed by atoms with E-state index in [-0.39, 0.29) is 37.1 Å². The van der Waals surface area contributed by atoms with Gasteiger partial charge in [0.2, 0.25) is 5.91 Å². The summed E-state index contributed by atoms with van der Waals surface area (Å²) in [5, 5.41) is 35.4. The number of benzene rings is 2. The Balaban J connectivity index is 1.41. The maximum Gasteiger partial charge on any atom is 0.242 e. The number of phenols is 2. The van der Waals surface area contributed by atoms with Crippen LogP contribution in [0.1, 0.15) is 28.2 Å². The summed E-state index contributed by atoms with van der Waals surface area (Å²) >= 11 is 0. The van der Waals surface area contributed by atoms with Gasteiger partial charge in [-0.1, -0.05) is 29.5 Å². The summed E-state index contributed by atoms with van der Waals surface area (Å²) < 4.78 is 36.1. The van der Waals surface area contributed by atoms with Crippen molar-refractivity contribution < 1.29 is 38.3 Å². The van der Waals surface area contributed by atoms with Crippen molar-refractivity contribution in [1.82, 2.24) is 30.1 Å². The van der Waals surface area contributed by atoms with Gasteiger partial charge < -0.3 is 34.5 Å². The number of carbonyl (C=O) groups excluding carboxylic acids is 1. The number of carbonyl (C=O) groups is 1. The number of amides is 1. The average Bonchev–Trinajstić information content (AvgIpc) is 3.68. The number of alkyl halides is 1. The molecule has 0 aliphatic carbocycles. The van der Waals surface area contributed by atoms with Gasteiger partial charge >= 0.3 is 0 Å². The third-order valence-electron chi connectivity index (χ3n) is 6.54. The number of nitrogens with one attached hydrogen (secondary N) is 1. The molecular weight excluding hydrogens is 598 g/mol. The summed E-state index contributed by atoms with van der Waals surface area (Å²) in [5.41, 5.74) is 3.40. The van der Waals surface area contributed by atoms with Gasteiger partial charge in [0.1, 0.15) is 18.9 Å². The molecule has 2 aromatic heterocycles. The summed E-state index contributed by atoms with van der Waals surface area (Å²) in [6, 6.07) is 11.8. The van der Waals surface area contributed by atoms with Crippen LogP contribution in [-0.2, 0) is 33.9 Å². The number of aromatic nitrogens is 5. The van der Waals surface area contributed by atoms with E-state index < -0.39 is 6.67 Å². The topological polar surface area (TPSA) is 155 Å². The van der Waals surface area contributed by atoms with Gasteiger partial charge in [0, 0.05) is 0 Å². The van der Waals surface area contributed by atoms with Gasteiger partial charge in [-0.3, -0.25) is 9.48 Å². The summed E-state index contributed by atoms with van der Waals surface area (Å²) in [7, 11) is 2.96. The standard InChI is InChI=1S/C32H37FN6O7/c1-43-30-17-23(5-9-28(30)40)3-7-25-19-27(8-4-24-6-10-29(41)31(18-24)44-2)39(36-25)22-32(42)34-20-26-21-38(37-35-26)12-14-46-16-15-45-13-11-33/h3-10,17-19,21,40-41H,11-16,20,22H2,1-2H3,(H,34,42)/b7-3+,8-4+/i33-1. The van der Waals surface area contributed by atoms with Crippen molar-refractivity contribution in [3.8, 4) is 23.0 Å². The lowest BCUT2D eigenvalue weighted by molar-refractivity contribution is -0.122. The highest BCUT2D eigenvalue weighted by Crippen LogP contribution is 2.28. The van der Waals surface area contributed by atoms with Crippen molar-refractivity contribution in [1.29, 1.82) is 0 Å². The van der Waals surface area contributed by atoms with Crippen LogP contribution in [0.25, 0.3) is 24.3 Å². The monoisotopic (exact) mass is 635 g/mol. The van der Waals surface area contributed by atoms with Gasteiger partial charge in [-0.05, 0) is 53.6 Å².